The average Bonchev–Trinajstić information content (AvgIpc) is 2.90. The molecule has 0 aliphatic carbocycles. The summed E-state index contributed by atoms with van der Waals surface area (Å²) in [5.74, 6) is -3.58. The Morgan fingerprint density at radius 1 is 1.04 bits per heavy atom. The van der Waals surface area contributed by atoms with Gasteiger partial charge in [-0.15, -0.1) is 0 Å². The van der Waals surface area contributed by atoms with E-state index in [0.29, 0.717) is 11.1 Å². The van der Waals surface area contributed by atoms with E-state index < -0.39 is 29.7 Å². The van der Waals surface area contributed by atoms with Crippen LogP contribution in [-0.4, -0.2) is 49.2 Å². The minimum atomic E-state index is -1.36. The van der Waals surface area contributed by atoms with Gasteiger partial charge in [0.05, 0.1) is 5.92 Å². The van der Waals surface area contributed by atoms with E-state index in [-0.39, 0.29) is 36.5 Å². The lowest BCUT2D eigenvalue weighted by Crippen LogP contribution is -2.46. The number of aromatic hydroxyl groups is 3. The van der Waals surface area contributed by atoms with Gasteiger partial charge in [-0.1, -0.05) is 18.2 Å². The number of carbonyl (C=O) groups is 3. The summed E-state index contributed by atoms with van der Waals surface area (Å²) in [6.07, 6.45) is -0.179. The van der Waals surface area contributed by atoms with Crippen molar-refractivity contribution in [3.8, 4) is 17.2 Å². The molecule has 1 saturated heterocycles. The Morgan fingerprint density at radius 2 is 1.68 bits per heavy atom. The summed E-state index contributed by atoms with van der Waals surface area (Å²) in [5.41, 5.74) is 0.946. The molecule has 2 unspecified atom stereocenters. The van der Waals surface area contributed by atoms with E-state index in [1.54, 1.807) is 0 Å². The summed E-state index contributed by atoms with van der Waals surface area (Å²) in [6, 6.07) is 8.46. The van der Waals surface area contributed by atoms with Crippen molar-refractivity contribution in [2.75, 3.05) is 0 Å². The van der Waals surface area contributed by atoms with Crippen molar-refractivity contribution in [2.24, 2.45) is 5.92 Å². The molecule has 2 amide bonds. The molecule has 28 heavy (non-hydrogen) atoms. The topological polar surface area (TPSA) is 135 Å². The van der Waals surface area contributed by atoms with Crippen LogP contribution in [0.4, 0.5) is 0 Å². The summed E-state index contributed by atoms with van der Waals surface area (Å²) in [5, 5.41) is 38.2. The van der Waals surface area contributed by atoms with Crippen molar-refractivity contribution in [3.05, 3.63) is 53.6 Å². The van der Waals surface area contributed by atoms with Crippen LogP contribution < -0.4 is 0 Å². The van der Waals surface area contributed by atoms with Gasteiger partial charge in [0, 0.05) is 18.9 Å². The van der Waals surface area contributed by atoms with Crippen molar-refractivity contribution in [1.82, 2.24) is 4.90 Å². The highest BCUT2D eigenvalue weighted by molar-refractivity contribution is 6.06. The number of benzene rings is 2. The lowest BCUT2D eigenvalue weighted by molar-refractivity contribution is -0.154. The fourth-order valence-electron chi connectivity index (χ4n) is 3.34. The van der Waals surface area contributed by atoms with Gasteiger partial charge in [0.1, 0.15) is 23.3 Å². The van der Waals surface area contributed by atoms with Crippen LogP contribution in [0, 0.1) is 5.92 Å². The Balaban J connectivity index is 1.80. The lowest BCUT2D eigenvalue weighted by Gasteiger charge is -2.23. The van der Waals surface area contributed by atoms with E-state index in [9.17, 15) is 34.8 Å². The Bertz CT molecular complexity index is 923. The Morgan fingerprint density at radius 3 is 2.29 bits per heavy atom. The molecule has 1 heterocycles. The Kier molecular flexibility index (Phi) is 5.21. The number of likely N-dealkylation sites (tertiary alicyclic amines) is 1. The number of aliphatic carboxylic acids is 1. The first-order valence-electron chi connectivity index (χ1n) is 8.63. The van der Waals surface area contributed by atoms with Crippen LogP contribution in [0.1, 0.15) is 17.5 Å². The van der Waals surface area contributed by atoms with Crippen LogP contribution in [-0.2, 0) is 27.2 Å². The third kappa shape index (κ3) is 3.90. The largest absolute Gasteiger partial charge is 0.508 e. The molecule has 0 bridgehead atoms. The molecule has 8 heteroatoms. The standard InChI is InChI=1S/C20H19NO7/c22-14-4-1-11(2-5-14)7-16(20(27)28)21-18(25)9-13(19(21)26)8-12-3-6-15(23)10-17(12)24/h1-6,10,13,16,22-24H,7-9H2,(H,27,28). The van der Waals surface area contributed by atoms with E-state index in [2.05, 4.69) is 0 Å². The number of carbonyl (C=O) groups excluding carboxylic acids is 2. The molecular weight excluding hydrogens is 366 g/mol. The summed E-state index contributed by atoms with van der Waals surface area (Å²) >= 11 is 0. The molecule has 2 aromatic carbocycles. The van der Waals surface area contributed by atoms with Crippen molar-refractivity contribution >= 4 is 17.8 Å². The third-order valence-corrected chi connectivity index (χ3v) is 4.77. The van der Waals surface area contributed by atoms with Crippen molar-refractivity contribution in [1.29, 1.82) is 0 Å². The molecule has 2 aromatic rings. The van der Waals surface area contributed by atoms with E-state index >= 15 is 0 Å². The summed E-state index contributed by atoms with van der Waals surface area (Å²) < 4.78 is 0. The van der Waals surface area contributed by atoms with E-state index in [4.69, 9.17) is 0 Å². The SMILES string of the molecule is O=C(O)C(Cc1ccc(O)cc1)N1C(=O)CC(Cc2ccc(O)cc2O)C1=O. The Hall–Kier alpha value is -3.55. The van der Waals surface area contributed by atoms with Gasteiger partial charge in [-0.05, 0) is 35.7 Å². The number of rotatable bonds is 6. The quantitative estimate of drug-likeness (QED) is 0.552. The van der Waals surface area contributed by atoms with Gasteiger partial charge >= 0.3 is 5.97 Å². The highest BCUT2D eigenvalue weighted by atomic mass is 16.4. The second-order valence-corrected chi connectivity index (χ2v) is 6.74. The van der Waals surface area contributed by atoms with Gasteiger partial charge in [0.2, 0.25) is 11.8 Å². The molecule has 8 nitrogen and oxygen atoms in total. The second-order valence-electron chi connectivity index (χ2n) is 6.74. The highest BCUT2D eigenvalue weighted by Gasteiger charge is 2.44. The van der Waals surface area contributed by atoms with Crippen molar-refractivity contribution in [3.63, 3.8) is 0 Å². The number of phenols is 3. The first kappa shape index (κ1) is 19.2. The highest BCUT2D eigenvalue weighted by Crippen LogP contribution is 2.31. The molecule has 3 rings (SSSR count). The summed E-state index contributed by atoms with van der Waals surface area (Å²) in [4.78, 5) is 37.7. The first-order chi connectivity index (χ1) is 13.3. The predicted molar refractivity (Wildman–Crippen MR) is 96.7 cm³/mol. The van der Waals surface area contributed by atoms with Crippen LogP contribution in [0.15, 0.2) is 42.5 Å². The molecule has 1 aliphatic heterocycles. The molecule has 0 radical (unpaired) electrons. The number of phenolic OH excluding ortho intramolecular Hbond substituents is 3. The number of carboxylic acid groups (broad SMARTS) is 1. The molecule has 1 fully saturated rings. The number of nitrogens with zero attached hydrogens (tertiary/aromatic N) is 1. The maximum atomic E-state index is 12.8. The normalized spacial score (nSPS) is 17.7. The maximum absolute atomic E-state index is 12.8. The van der Waals surface area contributed by atoms with Gasteiger partial charge in [-0.3, -0.25) is 14.5 Å². The fraction of sp³-hybridized carbons (Fsp3) is 0.250. The second kappa shape index (κ2) is 7.59. The molecule has 146 valence electrons. The lowest BCUT2D eigenvalue weighted by atomic mass is 9.97. The molecule has 4 N–H and O–H groups in total. The first-order valence-corrected chi connectivity index (χ1v) is 8.63. The minimum Gasteiger partial charge on any atom is -0.508 e. The number of amides is 2. The summed E-state index contributed by atoms with van der Waals surface area (Å²) in [6.45, 7) is 0. The maximum Gasteiger partial charge on any atom is 0.327 e. The van der Waals surface area contributed by atoms with Crippen LogP contribution >= 0.6 is 0 Å². The predicted octanol–water partition coefficient (Wildman–Crippen LogP) is 1.42. The molecular formula is C20H19NO7. The third-order valence-electron chi connectivity index (χ3n) is 4.77. The zero-order chi connectivity index (χ0) is 20.4. The fourth-order valence-corrected chi connectivity index (χ4v) is 3.34. The van der Waals surface area contributed by atoms with Gasteiger partial charge in [0.25, 0.3) is 0 Å². The van der Waals surface area contributed by atoms with Gasteiger partial charge in [0.15, 0.2) is 0 Å². The van der Waals surface area contributed by atoms with Crippen LogP contribution in [0.3, 0.4) is 0 Å². The van der Waals surface area contributed by atoms with E-state index in [1.165, 1.54) is 36.4 Å². The van der Waals surface area contributed by atoms with Crippen molar-refractivity contribution < 1.29 is 34.8 Å². The molecule has 0 aromatic heterocycles. The van der Waals surface area contributed by atoms with Crippen LogP contribution in [0.5, 0.6) is 17.2 Å². The number of hydrogen-bond acceptors (Lipinski definition) is 6. The molecule has 2 atom stereocenters. The van der Waals surface area contributed by atoms with Gasteiger partial charge < -0.3 is 20.4 Å². The number of hydrogen-bond donors (Lipinski definition) is 4. The number of imide groups is 1. The van der Waals surface area contributed by atoms with Crippen LogP contribution in [0.25, 0.3) is 0 Å². The van der Waals surface area contributed by atoms with E-state index in [1.807, 2.05) is 0 Å². The summed E-state index contributed by atoms with van der Waals surface area (Å²) in [7, 11) is 0. The van der Waals surface area contributed by atoms with E-state index in [0.717, 1.165) is 11.0 Å². The van der Waals surface area contributed by atoms with Crippen LogP contribution in [0.2, 0.25) is 0 Å². The smallest absolute Gasteiger partial charge is 0.327 e. The molecule has 1 aliphatic rings. The Labute approximate surface area is 160 Å². The molecule has 0 saturated carbocycles. The average molecular weight is 385 g/mol. The zero-order valence-electron chi connectivity index (χ0n) is 14.8. The minimum absolute atomic E-state index is 0.0257. The van der Waals surface area contributed by atoms with Gasteiger partial charge in [-0.2, -0.15) is 0 Å². The number of carboxylic acids is 1. The zero-order valence-corrected chi connectivity index (χ0v) is 14.8. The monoisotopic (exact) mass is 385 g/mol. The van der Waals surface area contributed by atoms with Crippen molar-refractivity contribution in [2.45, 2.75) is 25.3 Å². The molecule has 0 spiro atoms. The van der Waals surface area contributed by atoms with Gasteiger partial charge in [-0.25, -0.2) is 4.79 Å².